The van der Waals surface area contributed by atoms with Crippen LogP contribution in [0.5, 0.6) is 0 Å². The highest BCUT2D eigenvalue weighted by molar-refractivity contribution is 6.05. The van der Waals surface area contributed by atoms with Crippen molar-refractivity contribution >= 4 is 28.3 Å². The van der Waals surface area contributed by atoms with Crippen molar-refractivity contribution in [3.05, 3.63) is 64.5 Å². The Kier molecular flexibility index (Phi) is 3.02. The topological polar surface area (TPSA) is 84.2 Å². The molecule has 4 aromatic rings. The molecule has 7 heteroatoms. The minimum Gasteiger partial charge on any atom is -0.322 e. The minimum atomic E-state index is -0.224. The predicted molar refractivity (Wildman–Crippen MR) is 91.4 cm³/mol. The maximum absolute atomic E-state index is 12.5. The molecule has 0 aliphatic heterocycles. The molecule has 0 spiro atoms. The molecule has 120 valence electrons. The molecule has 0 aliphatic carbocycles. The van der Waals surface area contributed by atoms with Crippen molar-refractivity contribution in [3.63, 3.8) is 0 Å². The lowest BCUT2D eigenvalue weighted by atomic mass is 10.2. The van der Waals surface area contributed by atoms with Gasteiger partial charge in [0.05, 0.1) is 11.0 Å². The van der Waals surface area contributed by atoms with Gasteiger partial charge >= 0.3 is 5.69 Å². The average molecular weight is 321 g/mol. The zero-order chi connectivity index (χ0) is 16.8. The van der Waals surface area contributed by atoms with Gasteiger partial charge in [-0.3, -0.25) is 9.36 Å². The Morgan fingerprint density at radius 1 is 1.25 bits per heavy atom. The van der Waals surface area contributed by atoms with Crippen LogP contribution in [-0.4, -0.2) is 24.8 Å². The van der Waals surface area contributed by atoms with Crippen LogP contribution in [0.15, 0.2) is 47.5 Å². The first-order valence-corrected chi connectivity index (χ1v) is 7.47. The van der Waals surface area contributed by atoms with Crippen LogP contribution < -0.4 is 11.0 Å². The summed E-state index contributed by atoms with van der Waals surface area (Å²) >= 11 is 0. The number of nitrogens with zero attached hydrogens (tertiary/aromatic N) is 3. The quantitative estimate of drug-likeness (QED) is 0.593. The molecular weight excluding hydrogens is 306 g/mol. The van der Waals surface area contributed by atoms with Crippen LogP contribution in [0.2, 0.25) is 0 Å². The Hall–Kier alpha value is -3.35. The highest BCUT2D eigenvalue weighted by Crippen LogP contribution is 2.17. The summed E-state index contributed by atoms with van der Waals surface area (Å²) in [5.41, 5.74) is 4.16. The standard InChI is InChI=1S/C17H15N5O2/c1-10-9-18-15-7-11(5-6-22(10)15)16(23)19-12-3-4-13-14(8-12)21(2)17(24)20-13/h3-9H,1-2H3,(H,19,23)(H,20,24). The zero-order valence-electron chi connectivity index (χ0n) is 13.2. The van der Waals surface area contributed by atoms with E-state index in [1.807, 2.05) is 17.5 Å². The number of H-pyrrole nitrogens is 1. The largest absolute Gasteiger partial charge is 0.326 e. The van der Waals surface area contributed by atoms with E-state index >= 15 is 0 Å². The molecule has 4 rings (SSSR count). The second-order valence-electron chi connectivity index (χ2n) is 5.72. The highest BCUT2D eigenvalue weighted by Gasteiger charge is 2.10. The van der Waals surface area contributed by atoms with Crippen molar-refractivity contribution < 1.29 is 4.79 Å². The van der Waals surface area contributed by atoms with Gasteiger partial charge in [0.1, 0.15) is 5.65 Å². The Labute approximate surface area is 136 Å². The highest BCUT2D eigenvalue weighted by atomic mass is 16.2. The van der Waals surface area contributed by atoms with Gasteiger partial charge in [0, 0.05) is 36.4 Å². The lowest BCUT2D eigenvalue weighted by Crippen LogP contribution is -2.13. The summed E-state index contributed by atoms with van der Waals surface area (Å²) in [7, 11) is 1.68. The van der Waals surface area contributed by atoms with Crippen molar-refractivity contribution in [1.29, 1.82) is 0 Å². The molecule has 3 aromatic heterocycles. The number of carbonyl (C=O) groups excluding carboxylic acids is 1. The molecule has 24 heavy (non-hydrogen) atoms. The van der Waals surface area contributed by atoms with E-state index in [9.17, 15) is 9.59 Å². The first-order chi connectivity index (χ1) is 11.5. The van der Waals surface area contributed by atoms with Crippen molar-refractivity contribution in [2.45, 2.75) is 6.92 Å². The van der Waals surface area contributed by atoms with Crippen LogP contribution in [0.4, 0.5) is 5.69 Å². The first-order valence-electron chi connectivity index (χ1n) is 7.47. The molecule has 1 amide bonds. The van der Waals surface area contributed by atoms with Gasteiger partial charge in [0.15, 0.2) is 0 Å². The maximum atomic E-state index is 12.5. The fourth-order valence-corrected chi connectivity index (χ4v) is 2.75. The third-order valence-corrected chi connectivity index (χ3v) is 4.12. The molecular formula is C17H15N5O2. The van der Waals surface area contributed by atoms with Crippen molar-refractivity contribution in [2.24, 2.45) is 7.05 Å². The summed E-state index contributed by atoms with van der Waals surface area (Å²) in [4.78, 5) is 31.1. The third-order valence-electron chi connectivity index (χ3n) is 4.12. The molecule has 0 saturated heterocycles. The number of pyridine rings is 1. The number of fused-ring (bicyclic) bond motifs is 2. The summed E-state index contributed by atoms with van der Waals surface area (Å²) in [5, 5.41) is 2.85. The van der Waals surface area contributed by atoms with Gasteiger partial charge in [0.25, 0.3) is 5.91 Å². The molecule has 0 aliphatic rings. The predicted octanol–water partition coefficient (Wildman–Crippen LogP) is 2.08. The van der Waals surface area contributed by atoms with Gasteiger partial charge in [0.2, 0.25) is 0 Å². The smallest absolute Gasteiger partial charge is 0.322 e. The Morgan fingerprint density at radius 2 is 2.08 bits per heavy atom. The van der Waals surface area contributed by atoms with E-state index < -0.39 is 0 Å². The summed E-state index contributed by atoms with van der Waals surface area (Å²) in [6.45, 7) is 1.95. The Bertz CT molecular complexity index is 1150. The van der Waals surface area contributed by atoms with Crippen molar-refractivity contribution in [2.75, 3.05) is 5.32 Å². The maximum Gasteiger partial charge on any atom is 0.326 e. The number of aromatic nitrogens is 4. The number of nitrogens with one attached hydrogen (secondary N) is 2. The fourth-order valence-electron chi connectivity index (χ4n) is 2.75. The fraction of sp³-hybridized carbons (Fsp3) is 0.118. The van der Waals surface area contributed by atoms with E-state index in [0.29, 0.717) is 11.3 Å². The Morgan fingerprint density at radius 3 is 2.92 bits per heavy atom. The monoisotopic (exact) mass is 321 g/mol. The molecule has 7 nitrogen and oxygen atoms in total. The number of anilines is 1. The van der Waals surface area contributed by atoms with Gasteiger partial charge < -0.3 is 14.7 Å². The number of hydrogen-bond donors (Lipinski definition) is 2. The normalized spacial score (nSPS) is 11.2. The minimum absolute atomic E-state index is 0.186. The second-order valence-corrected chi connectivity index (χ2v) is 5.72. The number of hydrogen-bond acceptors (Lipinski definition) is 3. The number of aromatic amines is 1. The van der Waals surface area contributed by atoms with Crippen LogP contribution in [-0.2, 0) is 7.05 Å². The molecule has 0 atom stereocenters. The third kappa shape index (κ3) is 2.18. The summed E-state index contributed by atoms with van der Waals surface area (Å²) < 4.78 is 3.42. The van der Waals surface area contributed by atoms with E-state index in [0.717, 1.165) is 22.4 Å². The van der Waals surface area contributed by atoms with Crippen LogP contribution in [0.3, 0.4) is 0 Å². The molecule has 0 fully saturated rings. The number of carbonyl (C=O) groups is 1. The van der Waals surface area contributed by atoms with Crippen molar-refractivity contribution in [1.82, 2.24) is 18.9 Å². The zero-order valence-corrected chi connectivity index (χ0v) is 13.2. The van der Waals surface area contributed by atoms with Gasteiger partial charge in [-0.15, -0.1) is 0 Å². The number of rotatable bonds is 2. The van der Waals surface area contributed by atoms with Gasteiger partial charge in [-0.2, -0.15) is 0 Å². The molecule has 3 heterocycles. The number of amides is 1. The van der Waals surface area contributed by atoms with Gasteiger partial charge in [-0.05, 0) is 37.3 Å². The van der Waals surface area contributed by atoms with E-state index in [-0.39, 0.29) is 11.6 Å². The second kappa shape index (κ2) is 5.09. The van der Waals surface area contributed by atoms with Gasteiger partial charge in [-0.25, -0.2) is 9.78 Å². The SMILES string of the molecule is Cc1cnc2cc(C(=O)Nc3ccc4[nH]c(=O)n(C)c4c3)ccn12. The van der Waals surface area contributed by atoms with Gasteiger partial charge in [-0.1, -0.05) is 0 Å². The molecule has 0 saturated carbocycles. The van der Waals surface area contributed by atoms with Crippen LogP contribution in [0.25, 0.3) is 16.7 Å². The molecule has 0 radical (unpaired) electrons. The van der Waals surface area contributed by atoms with Crippen LogP contribution in [0.1, 0.15) is 16.1 Å². The molecule has 0 unspecified atom stereocenters. The Balaban J connectivity index is 1.67. The van der Waals surface area contributed by atoms with E-state index in [1.165, 1.54) is 4.57 Å². The number of aryl methyl sites for hydroxylation is 2. The molecule has 1 aromatic carbocycles. The molecule has 0 bridgehead atoms. The lowest BCUT2D eigenvalue weighted by Gasteiger charge is -2.06. The summed E-state index contributed by atoms with van der Waals surface area (Å²) in [6.07, 6.45) is 3.59. The average Bonchev–Trinajstić information content (AvgIpc) is 3.08. The first kappa shape index (κ1) is 14.3. The van der Waals surface area contributed by atoms with E-state index in [2.05, 4.69) is 15.3 Å². The van der Waals surface area contributed by atoms with Crippen molar-refractivity contribution in [3.8, 4) is 0 Å². The lowest BCUT2D eigenvalue weighted by molar-refractivity contribution is 0.102. The number of benzene rings is 1. The van der Waals surface area contributed by atoms with E-state index in [1.54, 1.807) is 43.6 Å². The van der Waals surface area contributed by atoms with Crippen LogP contribution >= 0.6 is 0 Å². The summed E-state index contributed by atoms with van der Waals surface area (Å²) in [6, 6.07) is 8.79. The molecule has 2 N–H and O–H groups in total. The van der Waals surface area contributed by atoms with Crippen LogP contribution in [0, 0.1) is 6.92 Å². The number of imidazole rings is 2. The summed E-state index contributed by atoms with van der Waals surface area (Å²) in [5.74, 6) is -0.224. The van der Waals surface area contributed by atoms with E-state index in [4.69, 9.17) is 0 Å².